The van der Waals surface area contributed by atoms with E-state index in [4.69, 9.17) is 15.2 Å². The molecular weight excluding hydrogens is 372 g/mol. The predicted octanol–water partition coefficient (Wildman–Crippen LogP) is 4.11. The zero-order valence-electron chi connectivity index (χ0n) is 16.2. The number of aromatic nitrogens is 1. The van der Waals surface area contributed by atoms with E-state index in [1.807, 2.05) is 25.1 Å². The van der Waals surface area contributed by atoms with Crippen molar-refractivity contribution in [2.45, 2.75) is 13.3 Å². The largest absolute Gasteiger partial charge is 0.493 e. The van der Waals surface area contributed by atoms with Crippen LogP contribution in [0.4, 0.5) is 5.69 Å². The summed E-state index contributed by atoms with van der Waals surface area (Å²) >= 11 is 1.66. The molecule has 6 nitrogen and oxygen atoms in total. The summed E-state index contributed by atoms with van der Waals surface area (Å²) in [5, 5.41) is 6.23. The van der Waals surface area contributed by atoms with E-state index >= 15 is 0 Å². The molecule has 0 atom stereocenters. The molecule has 0 aliphatic carbocycles. The number of nitrogens with zero attached hydrogens (tertiary/aromatic N) is 2. The van der Waals surface area contributed by atoms with Crippen LogP contribution in [0.1, 0.15) is 10.6 Å². The first-order valence-electron chi connectivity index (χ1n) is 8.89. The summed E-state index contributed by atoms with van der Waals surface area (Å²) in [4.78, 5) is 8.91. The number of anilines is 1. The molecule has 3 aromatic rings. The summed E-state index contributed by atoms with van der Waals surface area (Å²) < 4.78 is 10.5. The Morgan fingerprint density at radius 2 is 1.86 bits per heavy atom. The number of benzene rings is 2. The van der Waals surface area contributed by atoms with Crippen LogP contribution < -0.4 is 20.5 Å². The summed E-state index contributed by atoms with van der Waals surface area (Å²) in [7, 11) is 3.20. The van der Waals surface area contributed by atoms with Crippen molar-refractivity contribution >= 4 is 23.0 Å². The van der Waals surface area contributed by atoms with Crippen molar-refractivity contribution in [3.63, 3.8) is 0 Å². The maximum Gasteiger partial charge on any atom is 0.193 e. The van der Waals surface area contributed by atoms with Crippen LogP contribution in [0.25, 0.3) is 11.3 Å². The molecule has 28 heavy (non-hydrogen) atoms. The van der Waals surface area contributed by atoms with E-state index in [-0.39, 0.29) is 0 Å². The van der Waals surface area contributed by atoms with Crippen molar-refractivity contribution in [1.29, 1.82) is 0 Å². The molecule has 0 fully saturated rings. The van der Waals surface area contributed by atoms with Gasteiger partial charge in [0.1, 0.15) is 0 Å². The second-order valence-corrected chi connectivity index (χ2v) is 7.22. The minimum Gasteiger partial charge on any atom is -0.493 e. The smallest absolute Gasteiger partial charge is 0.193 e. The molecule has 3 rings (SSSR count). The maximum atomic E-state index is 5.99. The van der Waals surface area contributed by atoms with Gasteiger partial charge in [-0.3, -0.25) is 4.99 Å². The van der Waals surface area contributed by atoms with E-state index < -0.39 is 0 Å². The van der Waals surface area contributed by atoms with Crippen LogP contribution in [-0.2, 0) is 6.42 Å². The van der Waals surface area contributed by atoms with E-state index in [0.717, 1.165) is 28.4 Å². The molecule has 1 aromatic heterocycles. The average molecular weight is 397 g/mol. The molecule has 0 saturated heterocycles. The Bertz CT molecular complexity index is 951. The highest BCUT2D eigenvalue weighted by Gasteiger charge is 2.05. The molecule has 146 valence electrons. The number of nitrogens with two attached hydrogens (primary N) is 1. The fourth-order valence-corrected chi connectivity index (χ4v) is 3.37. The number of hydrogen-bond donors (Lipinski definition) is 2. The minimum atomic E-state index is 0.363. The lowest BCUT2D eigenvalue weighted by atomic mass is 10.1. The lowest BCUT2D eigenvalue weighted by molar-refractivity contribution is 0.355. The number of nitrogens with one attached hydrogen (secondary N) is 1. The first-order valence-corrected chi connectivity index (χ1v) is 9.77. The van der Waals surface area contributed by atoms with Crippen molar-refractivity contribution < 1.29 is 9.47 Å². The topological polar surface area (TPSA) is 81.8 Å². The highest BCUT2D eigenvalue weighted by molar-refractivity contribution is 7.09. The van der Waals surface area contributed by atoms with Gasteiger partial charge in [-0.2, -0.15) is 0 Å². The Kier molecular flexibility index (Phi) is 6.49. The van der Waals surface area contributed by atoms with E-state index in [2.05, 4.69) is 44.9 Å². The summed E-state index contributed by atoms with van der Waals surface area (Å²) in [6.45, 7) is 2.61. The second-order valence-electron chi connectivity index (χ2n) is 6.16. The van der Waals surface area contributed by atoms with Gasteiger partial charge >= 0.3 is 0 Å². The second kappa shape index (κ2) is 9.23. The van der Waals surface area contributed by atoms with Crippen LogP contribution in [0.3, 0.4) is 0 Å². The molecule has 0 unspecified atom stereocenters. The number of methoxy groups -OCH3 is 2. The first-order chi connectivity index (χ1) is 13.6. The monoisotopic (exact) mass is 396 g/mol. The molecule has 0 amide bonds. The van der Waals surface area contributed by atoms with Crippen LogP contribution in [0, 0.1) is 6.92 Å². The normalized spacial score (nSPS) is 11.3. The van der Waals surface area contributed by atoms with Crippen molar-refractivity contribution in [2.75, 3.05) is 26.1 Å². The van der Waals surface area contributed by atoms with E-state index in [1.165, 1.54) is 5.56 Å². The fourth-order valence-electron chi connectivity index (χ4n) is 2.75. The first kappa shape index (κ1) is 19.7. The molecule has 0 aliphatic heterocycles. The summed E-state index contributed by atoms with van der Waals surface area (Å²) in [5.41, 5.74) is 10.1. The van der Waals surface area contributed by atoms with Gasteiger partial charge in [0.2, 0.25) is 0 Å². The van der Waals surface area contributed by atoms with Crippen molar-refractivity contribution in [2.24, 2.45) is 10.7 Å². The third kappa shape index (κ3) is 5.01. The summed E-state index contributed by atoms with van der Waals surface area (Å²) in [6.07, 6.45) is 0.810. The van der Waals surface area contributed by atoms with E-state index in [1.54, 1.807) is 25.6 Å². The molecule has 1 heterocycles. The van der Waals surface area contributed by atoms with Gasteiger partial charge in [-0.25, -0.2) is 4.98 Å². The standard InChI is InChI=1S/C21H24N4O2S/c1-14-24-18(13-28-14)16-6-4-15(5-7-16)10-11-23-21(22)25-17-8-9-19(26-2)20(12-17)27-3/h4-9,12-13H,10-11H2,1-3H3,(H3,22,23,25). The van der Waals surface area contributed by atoms with Gasteiger partial charge in [0.15, 0.2) is 17.5 Å². The van der Waals surface area contributed by atoms with Gasteiger partial charge in [0.05, 0.1) is 24.9 Å². The highest BCUT2D eigenvalue weighted by atomic mass is 32.1. The Labute approximate surface area is 169 Å². The van der Waals surface area contributed by atoms with Crippen LogP contribution in [0.15, 0.2) is 52.8 Å². The van der Waals surface area contributed by atoms with Crippen LogP contribution in [0.2, 0.25) is 0 Å². The zero-order chi connectivity index (χ0) is 19.9. The van der Waals surface area contributed by atoms with Crippen molar-refractivity contribution in [3.8, 4) is 22.8 Å². The number of thiazole rings is 1. The van der Waals surface area contributed by atoms with Gasteiger partial charge in [0.25, 0.3) is 0 Å². The van der Waals surface area contributed by atoms with E-state index in [0.29, 0.717) is 24.0 Å². The Morgan fingerprint density at radius 1 is 1.11 bits per heavy atom. The number of rotatable bonds is 7. The fraction of sp³-hybridized carbons (Fsp3) is 0.238. The summed E-state index contributed by atoms with van der Waals surface area (Å²) in [5.74, 6) is 1.66. The van der Waals surface area contributed by atoms with E-state index in [9.17, 15) is 0 Å². The van der Waals surface area contributed by atoms with Crippen molar-refractivity contribution in [3.05, 3.63) is 58.4 Å². The SMILES string of the molecule is COc1ccc(NC(N)=NCCc2ccc(-c3csc(C)n3)cc2)cc1OC. The van der Waals surface area contributed by atoms with Crippen LogP contribution >= 0.6 is 11.3 Å². The minimum absolute atomic E-state index is 0.363. The lowest BCUT2D eigenvalue weighted by Gasteiger charge is -2.11. The number of aliphatic imine (C=N–C) groups is 1. The third-order valence-electron chi connectivity index (χ3n) is 4.21. The molecule has 0 aliphatic rings. The van der Waals surface area contributed by atoms with Crippen molar-refractivity contribution in [1.82, 2.24) is 4.98 Å². The van der Waals surface area contributed by atoms with Gasteiger partial charge in [-0.15, -0.1) is 11.3 Å². The lowest BCUT2D eigenvalue weighted by Crippen LogP contribution is -2.23. The number of guanidine groups is 1. The van der Waals surface area contributed by atoms with Crippen LogP contribution in [-0.4, -0.2) is 31.7 Å². The quantitative estimate of drug-likeness (QED) is 0.464. The Hall–Kier alpha value is -3.06. The summed E-state index contributed by atoms with van der Waals surface area (Å²) in [6, 6.07) is 13.9. The molecule has 0 spiro atoms. The average Bonchev–Trinajstić information content (AvgIpc) is 3.14. The Balaban J connectivity index is 1.55. The molecule has 2 aromatic carbocycles. The molecule has 3 N–H and O–H groups in total. The highest BCUT2D eigenvalue weighted by Crippen LogP contribution is 2.29. The molecular formula is C21H24N4O2S. The molecule has 0 radical (unpaired) electrons. The number of hydrogen-bond acceptors (Lipinski definition) is 5. The van der Waals surface area contributed by atoms with Crippen LogP contribution in [0.5, 0.6) is 11.5 Å². The maximum absolute atomic E-state index is 5.99. The molecule has 7 heteroatoms. The van der Waals surface area contributed by atoms with Gasteiger partial charge in [0, 0.05) is 29.2 Å². The molecule has 0 bridgehead atoms. The Morgan fingerprint density at radius 3 is 2.50 bits per heavy atom. The molecule has 0 saturated carbocycles. The van der Waals surface area contributed by atoms with Gasteiger partial charge < -0.3 is 20.5 Å². The zero-order valence-corrected chi connectivity index (χ0v) is 17.0. The number of aryl methyl sites for hydroxylation is 1. The predicted molar refractivity (Wildman–Crippen MR) is 116 cm³/mol. The number of ether oxygens (including phenoxy) is 2. The van der Waals surface area contributed by atoms with Gasteiger partial charge in [-0.05, 0) is 31.0 Å². The van der Waals surface area contributed by atoms with Gasteiger partial charge in [-0.1, -0.05) is 24.3 Å². The third-order valence-corrected chi connectivity index (χ3v) is 4.98.